The van der Waals surface area contributed by atoms with Gasteiger partial charge in [-0.25, -0.2) is 4.98 Å². The molecular formula is C11H9Br2NO2S. The van der Waals surface area contributed by atoms with E-state index in [9.17, 15) is 5.11 Å². The van der Waals surface area contributed by atoms with Crippen LogP contribution < -0.4 is 4.74 Å². The maximum absolute atomic E-state index is 10.3. The summed E-state index contributed by atoms with van der Waals surface area (Å²) < 4.78 is 6.66. The molecule has 0 saturated carbocycles. The fourth-order valence-corrected chi connectivity index (χ4v) is 3.29. The third-order valence-corrected chi connectivity index (χ3v) is 4.79. The summed E-state index contributed by atoms with van der Waals surface area (Å²) in [6.07, 6.45) is -0.721. The highest BCUT2D eigenvalue weighted by Gasteiger charge is 2.19. The summed E-state index contributed by atoms with van der Waals surface area (Å²) in [4.78, 5) is 4.84. The van der Waals surface area contributed by atoms with Gasteiger partial charge in [0.05, 0.1) is 17.5 Å². The summed E-state index contributed by atoms with van der Waals surface area (Å²) in [5.74, 6) is 0.711. The third-order valence-electron chi connectivity index (χ3n) is 2.30. The van der Waals surface area contributed by atoms with Crippen LogP contribution in [0.1, 0.15) is 16.5 Å². The van der Waals surface area contributed by atoms with Crippen molar-refractivity contribution in [1.82, 2.24) is 4.98 Å². The van der Waals surface area contributed by atoms with Gasteiger partial charge in [0.25, 0.3) is 0 Å². The van der Waals surface area contributed by atoms with E-state index < -0.39 is 6.10 Å². The Morgan fingerprint density at radius 1 is 1.41 bits per heavy atom. The number of rotatable bonds is 3. The second-order valence-corrected chi connectivity index (χ2v) is 5.79. The summed E-state index contributed by atoms with van der Waals surface area (Å²) >= 11 is 8.15. The summed E-state index contributed by atoms with van der Waals surface area (Å²) in [5, 5.41) is 10.3. The van der Waals surface area contributed by atoms with Gasteiger partial charge in [0.2, 0.25) is 0 Å². The molecule has 1 heterocycles. The second kappa shape index (κ2) is 5.48. The van der Waals surface area contributed by atoms with Gasteiger partial charge in [-0.2, -0.15) is 0 Å². The van der Waals surface area contributed by atoms with E-state index in [-0.39, 0.29) is 0 Å². The first kappa shape index (κ1) is 13.0. The van der Waals surface area contributed by atoms with Gasteiger partial charge in [0.15, 0.2) is 0 Å². The van der Waals surface area contributed by atoms with E-state index in [1.54, 1.807) is 18.7 Å². The molecule has 0 aliphatic rings. The van der Waals surface area contributed by atoms with Crippen LogP contribution in [0.3, 0.4) is 0 Å². The van der Waals surface area contributed by atoms with Crippen molar-refractivity contribution in [2.45, 2.75) is 6.10 Å². The number of hydrogen-bond acceptors (Lipinski definition) is 4. The lowest BCUT2D eigenvalue weighted by molar-refractivity contribution is 0.222. The molecule has 1 atom stereocenters. The quantitative estimate of drug-likeness (QED) is 0.884. The number of benzene rings is 1. The zero-order valence-corrected chi connectivity index (χ0v) is 12.8. The van der Waals surface area contributed by atoms with Gasteiger partial charge in [-0.15, -0.1) is 11.3 Å². The van der Waals surface area contributed by atoms with Crippen LogP contribution in [0.5, 0.6) is 5.75 Å². The smallest absolute Gasteiger partial charge is 0.123 e. The lowest BCUT2D eigenvalue weighted by Crippen LogP contribution is -2.00. The highest BCUT2D eigenvalue weighted by atomic mass is 79.9. The van der Waals surface area contributed by atoms with E-state index in [2.05, 4.69) is 36.8 Å². The Morgan fingerprint density at radius 3 is 2.76 bits per heavy atom. The molecule has 0 fully saturated rings. The molecule has 0 aliphatic carbocycles. The van der Waals surface area contributed by atoms with Gasteiger partial charge in [-0.05, 0) is 34.1 Å². The zero-order valence-electron chi connectivity index (χ0n) is 8.85. The van der Waals surface area contributed by atoms with Crippen LogP contribution in [-0.4, -0.2) is 17.2 Å². The van der Waals surface area contributed by atoms with E-state index in [4.69, 9.17) is 4.74 Å². The standard InChI is InChI=1S/C11H9Br2NO2S/c1-16-6-2-3-8(12)7(4-6)9(15)10-11(13)14-5-17-10/h2-5,9,15H,1H3. The molecular weight excluding hydrogens is 370 g/mol. The first-order valence-corrected chi connectivity index (χ1v) is 7.20. The Hall–Kier alpha value is -0.430. The topological polar surface area (TPSA) is 42.4 Å². The monoisotopic (exact) mass is 377 g/mol. The Balaban J connectivity index is 2.43. The number of methoxy groups -OCH3 is 1. The van der Waals surface area contributed by atoms with Crippen molar-refractivity contribution < 1.29 is 9.84 Å². The first-order chi connectivity index (χ1) is 8.13. The number of hydrogen-bond donors (Lipinski definition) is 1. The first-order valence-electron chi connectivity index (χ1n) is 4.74. The van der Waals surface area contributed by atoms with Crippen molar-refractivity contribution in [2.75, 3.05) is 7.11 Å². The molecule has 0 aliphatic heterocycles. The van der Waals surface area contributed by atoms with Crippen molar-refractivity contribution in [3.8, 4) is 5.75 Å². The number of nitrogens with zero attached hydrogens (tertiary/aromatic N) is 1. The predicted molar refractivity (Wildman–Crippen MR) is 74.6 cm³/mol. The minimum absolute atomic E-state index is 0.671. The van der Waals surface area contributed by atoms with Crippen LogP contribution in [0, 0.1) is 0 Å². The van der Waals surface area contributed by atoms with Crippen LogP contribution >= 0.6 is 43.2 Å². The molecule has 6 heteroatoms. The molecule has 2 rings (SSSR count). The number of aromatic nitrogens is 1. The molecule has 0 spiro atoms. The largest absolute Gasteiger partial charge is 0.497 e. The molecule has 3 nitrogen and oxygen atoms in total. The highest BCUT2D eigenvalue weighted by Crippen LogP contribution is 2.36. The van der Waals surface area contributed by atoms with E-state index in [1.165, 1.54) is 11.3 Å². The fraction of sp³-hybridized carbons (Fsp3) is 0.182. The molecule has 1 unspecified atom stereocenters. The Kier molecular flexibility index (Phi) is 4.19. The molecule has 1 aromatic carbocycles. The minimum atomic E-state index is -0.721. The van der Waals surface area contributed by atoms with Gasteiger partial charge < -0.3 is 9.84 Å². The fourth-order valence-electron chi connectivity index (χ4n) is 1.42. The molecule has 0 saturated heterocycles. The molecule has 0 radical (unpaired) electrons. The summed E-state index contributed by atoms with van der Waals surface area (Å²) in [6.45, 7) is 0. The molecule has 17 heavy (non-hydrogen) atoms. The lowest BCUT2D eigenvalue weighted by Gasteiger charge is -2.12. The Bertz CT molecular complexity index is 530. The van der Waals surface area contributed by atoms with Crippen LogP contribution in [0.25, 0.3) is 0 Å². The van der Waals surface area contributed by atoms with E-state index in [0.29, 0.717) is 10.4 Å². The van der Waals surface area contributed by atoms with Crippen molar-refractivity contribution in [3.63, 3.8) is 0 Å². The SMILES string of the molecule is COc1ccc(Br)c(C(O)c2scnc2Br)c1. The molecule has 1 aromatic heterocycles. The predicted octanol–water partition coefficient (Wildman–Crippen LogP) is 3.76. The number of ether oxygens (including phenoxy) is 1. The van der Waals surface area contributed by atoms with Crippen molar-refractivity contribution in [2.24, 2.45) is 0 Å². The number of aliphatic hydroxyl groups excluding tert-OH is 1. The summed E-state index contributed by atoms with van der Waals surface area (Å²) in [7, 11) is 1.60. The van der Waals surface area contributed by atoms with Gasteiger partial charge in [-0.1, -0.05) is 15.9 Å². The normalized spacial score (nSPS) is 12.5. The molecule has 90 valence electrons. The Labute approximate surface area is 120 Å². The third kappa shape index (κ3) is 2.70. The molecule has 0 bridgehead atoms. The van der Waals surface area contributed by atoms with E-state index in [1.807, 2.05) is 12.1 Å². The van der Waals surface area contributed by atoms with Gasteiger partial charge in [0, 0.05) is 10.0 Å². The maximum Gasteiger partial charge on any atom is 0.123 e. The molecule has 2 aromatic rings. The average molecular weight is 379 g/mol. The lowest BCUT2D eigenvalue weighted by atomic mass is 10.1. The number of aliphatic hydroxyl groups is 1. The minimum Gasteiger partial charge on any atom is -0.497 e. The zero-order chi connectivity index (χ0) is 12.4. The summed E-state index contributed by atoms with van der Waals surface area (Å²) in [5.41, 5.74) is 2.45. The van der Waals surface area contributed by atoms with E-state index >= 15 is 0 Å². The van der Waals surface area contributed by atoms with E-state index in [0.717, 1.165) is 14.9 Å². The van der Waals surface area contributed by atoms with Crippen LogP contribution in [0.4, 0.5) is 0 Å². The molecule has 0 amide bonds. The van der Waals surface area contributed by atoms with Crippen molar-refractivity contribution >= 4 is 43.2 Å². The van der Waals surface area contributed by atoms with Crippen LogP contribution in [0.15, 0.2) is 32.8 Å². The van der Waals surface area contributed by atoms with Crippen LogP contribution in [0.2, 0.25) is 0 Å². The maximum atomic E-state index is 10.3. The Morgan fingerprint density at radius 2 is 2.18 bits per heavy atom. The summed E-state index contributed by atoms with van der Waals surface area (Å²) in [6, 6.07) is 5.50. The number of halogens is 2. The number of thiazole rings is 1. The van der Waals surface area contributed by atoms with Gasteiger partial charge >= 0.3 is 0 Å². The van der Waals surface area contributed by atoms with Crippen molar-refractivity contribution in [3.05, 3.63) is 43.2 Å². The van der Waals surface area contributed by atoms with Crippen molar-refractivity contribution in [1.29, 1.82) is 0 Å². The van der Waals surface area contributed by atoms with Gasteiger partial charge in [0.1, 0.15) is 16.5 Å². The average Bonchev–Trinajstić information content (AvgIpc) is 2.75. The second-order valence-electron chi connectivity index (χ2n) is 3.30. The highest BCUT2D eigenvalue weighted by molar-refractivity contribution is 9.10. The molecule has 1 N–H and O–H groups in total. The van der Waals surface area contributed by atoms with Crippen LogP contribution in [-0.2, 0) is 0 Å². The van der Waals surface area contributed by atoms with Gasteiger partial charge in [-0.3, -0.25) is 0 Å².